The van der Waals surface area contributed by atoms with Gasteiger partial charge in [-0.1, -0.05) is 42.5 Å². The van der Waals surface area contributed by atoms with E-state index in [0.29, 0.717) is 11.1 Å². The summed E-state index contributed by atoms with van der Waals surface area (Å²) < 4.78 is 4.55. The maximum absolute atomic E-state index is 9.73. The second-order valence-electron chi connectivity index (χ2n) is 11.4. The Hall–Kier alpha value is -6.10. The summed E-state index contributed by atoms with van der Waals surface area (Å²) in [7, 11) is 0. The van der Waals surface area contributed by atoms with Crippen LogP contribution >= 0.6 is 0 Å². The first kappa shape index (κ1) is 25.6. The van der Waals surface area contributed by atoms with Crippen molar-refractivity contribution < 1.29 is 0 Å². The molecule has 0 unspecified atom stereocenters. The molecule has 44 heavy (non-hydrogen) atoms. The van der Waals surface area contributed by atoms with Crippen molar-refractivity contribution >= 4 is 43.6 Å². The molecule has 4 heteroatoms. The largest absolute Gasteiger partial charge is 0.309 e. The van der Waals surface area contributed by atoms with Gasteiger partial charge in [0.2, 0.25) is 0 Å². The number of para-hydroxylation sites is 2. The predicted molar refractivity (Wildman–Crippen MR) is 179 cm³/mol. The Morgan fingerprint density at radius 2 is 0.977 bits per heavy atom. The molecule has 0 saturated heterocycles. The summed E-state index contributed by atoms with van der Waals surface area (Å²) in [5.74, 6) is 0. The van der Waals surface area contributed by atoms with E-state index in [1.807, 2.05) is 36.4 Å². The van der Waals surface area contributed by atoms with Crippen LogP contribution in [0.4, 0.5) is 0 Å². The van der Waals surface area contributed by atoms with Crippen LogP contribution in [0.3, 0.4) is 0 Å². The van der Waals surface area contributed by atoms with Crippen LogP contribution in [0, 0.1) is 36.5 Å². The molecule has 0 fully saturated rings. The van der Waals surface area contributed by atoms with Gasteiger partial charge in [-0.05, 0) is 115 Å². The van der Waals surface area contributed by atoms with Crippen LogP contribution in [0.25, 0.3) is 66.1 Å². The van der Waals surface area contributed by atoms with Gasteiger partial charge in [-0.25, -0.2) is 0 Å². The molecule has 0 bridgehead atoms. The lowest BCUT2D eigenvalue weighted by atomic mass is 9.93. The Balaban J connectivity index is 1.42. The van der Waals surface area contributed by atoms with E-state index >= 15 is 0 Å². The Morgan fingerprint density at radius 1 is 0.432 bits per heavy atom. The van der Waals surface area contributed by atoms with Crippen LogP contribution in [0.15, 0.2) is 121 Å². The molecule has 6 aromatic carbocycles. The minimum Gasteiger partial charge on any atom is -0.309 e. The summed E-state index contributed by atoms with van der Waals surface area (Å²) in [6.07, 6.45) is 0. The average molecular weight is 563 g/mol. The third kappa shape index (κ3) is 3.76. The second-order valence-corrected chi connectivity index (χ2v) is 11.4. The fourth-order valence-electron chi connectivity index (χ4n) is 6.79. The minimum atomic E-state index is 0.639. The summed E-state index contributed by atoms with van der Waals surface area (Å²) in [5, 5.41) is 23.8. The summed E-state index contributed by atoms with van der Waals surface area (Å²) in [6.45, 7) is 4.36. The van der Waals surface area contributed by atoms with E-state index in [-0.39, 0.29) is 0 Å². The molecule has 2 aromatic heterocycles. The molecule has 0 radical (unpaired) electrons. The highest BCUT2D eigenvalue weighted by Gasteiger charge is 2.19. The molecule has 0 aliphatic carbocycles. The lowest BCUT2D eigenvalue weighted by Gasteiger charge is -2.14. The standard InChI is InChI=1S/C40H26N4/c1-25-17-39-35(31-13-6-7-14-37(31)44(39)30-12-8-9-27(19-30)23-41)21-32(25)33-22-36-34-20-28(24-42)15-16-38(34)43(40(36)18-26(33)2)29-10-4-3-5-11-29/h3-22H,1-2H3. The molecule has 4 nitrogen and oxygen atoms in total. The molecule has 0 amide bonds. The van der Waals surface area contributed by atoms with Crippen molar-refractivity contribution in [2.75, 3.05) is 0 Å². The molecule has 0 saturated carbocycles. The fraction of sp³-hybridized carbons (Fsp3) is 0.0500. The highest BCUT2D eigenvalue weighted by atomic mass is 15.0. The molecule has 206 valence electrons. The van der Waals surface area contributed by atoms with Gasteiger partial charge in [0, 0.05) is 32.9 Å². The molecule has 0 N–H and O–H groups in total. The van der Waals surface area contributed by atoms with E-state index in [0.717, 1.165) is 44.2 Å². The monoisotopic (exact) mass is 562 g/mol. The van der Waals surface area contributed by atoms with Gasteiger partial charge in [-0.15, -0.1) is 0 Å². The number of aryl methyl sites for hydroxylation is 2. The highest BCUT2D eigenvalue weighted by Crippen LogP contribution is 2.41. The van der Waals surface area contributed by atoms with E-state index in [1.54, 1.807) is 0 Å². The topological polar surface area (TPSA) is 57.4 Å². The summed E-state index contributed by atoms with van der Waals surface area (Å²) in [6, 6.07) is 46.4. The van der Waals surface area contributed by atoms with E-state index in [4.69, 9.17) is 0 Å². The third-order valence-electron chi connectivity index (χ3n) is 8.80. The third-order valence-corrected chi connectivity index (χ3v) is 8.80. The van der Waals surface area contributed by atoms with Crippen molar-refractivity contribution in [2.24, 2.45) is 0 Å². The maximum atomic E-state index is 9.73. The molecule has 8 aromatic rings. The molecular formula is C40H26N4. The molecule has 8 rings (SSSR count). The summed E-state index contributed by atoms with van der Waals surface area (Å²) in [5.41, 5.74) is 12.5. The number of aromatic nitrogens is 2. The van der Waals surface area contributed by atoms with Gasteiger partial charge in [-0.2, -0.15) is 10.5 Å². The molecule has 0 atom stereocenters. The lowest BCUT2D eigenvalue weighted by Crippen LogP contribution is -1.96. The van der Waals surface area contributed by atoms with Crippen molar-refractivity contribution in [2.45, 2.75) is 13.8 Å². The summed E-state index contributed by atoms with van der Waals surface area (Å²) in [4.78, 5) is 0. The van der Waals surface area contributed by atoms with Gasteiger partial charge in [0.15, 0.2) is 0 Å². The Labute approximate surface area is 254 Å². The molecule has 2 heterocycles. The van der Waals surface area contributed by atoms with E-state index in [9.17, 15) is 10.5 Å². The Morgan fingerprint density at radius 3 is 1.68 bits per heavy atom. The maximum Gasteiger partial charge on any atom is 0.0992 e. The number of nitrogens with zero attached hydrogens (tertiary/aromatic N) is 4. The molecule has 0 aliphatic heterocycles. The van der Waals surface area contributed by atoms with Crippen molar-refractivity contribution in [1.82, 2.24) is 9.13 Å². The lowest BCUT2D eigenvalue weighted by molar-refractivity contribution is 1.17. The number of rotatable bonds is 3. The normalized spacial score (nSPS) is 11.4. The number of fused-ring (bicyclic) bond motifs is 6. The minimum absolute atomic E-state index is 0.639. The van der Waals surface area contributed by atoms with E-state index in [2.05, 4.69) is 120 Å². The van der Waals surface area contributed by atoms with E-state index in [1.165, 1.54) is 33.0 Å². The van der Waals surface area contributed by atoms with Crippen LogP contribution in [0.1, 0.15) is 22.3 Å². The highest BCUT2D eigenvalue weighted by molar-refractivity contribution is 6.13. The smallest absolute Gasteiger partial charge is 0.0992 e. The first-order valence-electron chi connectivity index (χ1n) is 14.6. The fourth-order valence-corrected chi connectivity index (χ4v) is 6.79. The zero-order valence-electron chi connectivity index (χ0n) is 24.3. The van der Waals surface area contributed by atoms with Crippen LogP contribution in [0.2, 0.25) is 0 Å². The SMILES string of the molecule is Cc1cc2c(cc1-c1cc3c4cc(C#N)ccc4n(-c4ccccc4)c3cc1C)c1ccccc1n2-c1cccc(C#N)c1. The molecule has 0 aliphatic rings. The van der Waals surface area contributed by atoms with Gasteiger partial charge in [0.05, 0.1) is 45.3 Å². The van der Waals surface area contributed by atoms with Crippen molar-refractivity contribution in [3.63, 3.8) is 0 Å². The number of nitriles is 2. The first-order chi connectivity index (χ1) is 21.6. The van der Waals surface area contributed by atoms with Crippen molar-refractivity contribution in [3.05, 3.63) is 144 Å². The Kier molecular flexibility index (Phi) is 5.66. The van der Waals surface area contributed by atoms with Gasteiger partial charge in [0.25, 0.3) is 0 Å². The number of hydrogen-bond donors (Lipinski definition) is 0. The predicted octanol–water partition coefficient (Wildman–Crippen LogP) is 9.91. The van der Waals surface area contributed by atoms with Crippen LogP contribution in [-0.2, 0) is 0 Å². The molecular weight excluding hydrogens is 536 g/mol. The number of hydrogen-bond acceptors (Lipinski definition) is 2. The quantitative estimate of drug-likeness (QED) is 0.215. The van der Waals surface area contributed by atoms with Gasteiger partial charge in [0.1, 0.15) is 0 Å². The Bertz CT molecular complexity index is 2530. The van der Waals surface area contributed by atoms with Gasteiger partial charge in [-0.3, -0.25) is 0 Å². The first-order valence-corrected chi connectivity index (χ1v) is 14.6. The van der Waals surface area contributed by atoms with Crippen LogP contribution < -0.4 is 0 Å². The zero-order valence-corrected chi connectivity index (χ0v) is 24.3. The van der Waals surface area contributed by atoms with Crippen LogP contribution in [0.5, 0.6) is 0 Å². The van der Waals surface area contributed by atoms with Crippen molar-refractivity contribution in [3.8, 4) is 34.6 Å². The zero-order chi connectivity index (χ0) is 29.9. The van der Waals surface area contributed by atoms with E-state index < -0.39 is 0 Å². The van der Waals surface area contributed by atoms with Crippen molar-refractivity contribution in [1.29, 1.82) is 10.5 Å². The molecule has 0 spiro atoms. The second kappa shape index (κ2) is 9.73. The summed E-state index contributed by atoms with van der Waals surface area (Å²) >= 11 is 0. The van der Waals surface area contributed by atoms with Crippen LogP contribution in [-0.4, -0.2) is 9.13 Å². The number of benzene rings is 6. The average Bonchev–Trinajstić information content (AvgIpc) is 3.55. The van der Waals surface area contributed by atoms with Gasteiger partial charge >= 0.3 is 0 Å². The van der Waals surface area contributed by atoms with Gasteiger partial charge < -0.3 is 9.13 Å².